The third kappa shape index (κ3) is 5.53. The van der Waals surface area contributed by atoms with E-state index in [1.165, 1.54) is 25.5 Å². The second-order valence-electron chi connectivity index (χ2n) is 6.08. The molecule has 0 aliphatic carbocycles. The summed E-state index contributed by atoms with van der Waals surface area (Å²) < 4.78 is 36.4. The molecule has 0 fully saturated rings. The van der Waals surface area contributed by atoms with Crippen LogP contribution in [0.4, 0.5) is 0 Å². The molecule has 0 saturated heterocycles. The van der Waals surface area contributed by atoms with E-state index in [1.54, 1.807) is 36.4 Å². The van der Waals surface area contributed by atoms with Gasteiger partial charge in [-0.2, -0.15) is 13.5 Å². The van der Waals surface area contributed by atoms with Gasteiger partial charge in [0, 0.05) is 10.6 Å². The minimum atomic E-state index is -3.74. The van der Waals surface area contributed by atoms with Gasteiger partial charge in [0.05, 0.1) is 22.7 Å². The fraction of sp³-hybridized carbons (Fsp3) is 0.0952. The molecule has 0 heterocycles. The van der Waals surface area contributed by atoms with Gasteiger partial charge in [0.25, 0.3) is 10.0 Å². The topological polar surface area (TPSA) is 77.0 Å². The molecule has 3 aromatic rings. The molecular weight excluding hydrogens is 492 g/mol. The maximum Gasteiger partial charge on any atom is 0.276 e. The van der Waals surface area contributed by atoms with Crippen LogP contribution in [0.3, 0.4) is 0 Å². The predicted octanol–water partition coefficient (Wildman–Crippen LogP) is 5.00. The summed E-state index contributed by atoms with van der Waals surface area (Å²) in [6, 6.07) is 18.8. The molecule has 0 atom stereocenters. The van der Waals surface area contributed by atoms with Crippen LogP contribution < -0.4 is 14.3 Å². The molecule has 30 heavy (non-hydrogen) atoms. The lowest BCUT2D eigenvalue weighted by atomic mass is 10.2. The van der Waals surface area contributed by atoms with Crippen LogP contribution in [0.25, 0.3) is 0 Å². The summed E-state index contributed by atoms with van der Waals surface area (Å²) in [4.78, 5) is 2.32. The van der Waals surface area contributed by atoms with Gasteiger partial charge in [-0.05, 0) is 51.8 Å². The first-order valence-corrected chi connectivity index (χ1v) is 11.4. The van der Waals surface area contributed by atoms with E-state index >= 15 is 0 Å². The molecule has 0 bridgehead atoms. The number of nitrogens with zero attached hydrogens (tertiary/aromatic N) is 1. The lowest BCUT2D eigenvalue weighted by molar-refractivity contribution is 0.282. The predicted molar refractivity (Wildman–Crippen MR) is 121 cm³/mol. The highest BCUT2D eigenvalue weighted by atomic mass is 79.9. The Morgan fingerprint density at radius 2 is 1.80 bits per heavy atom. The van der Waals surface area contributed by atoms with Crippen LogP contribution in [0.15, 0.2) is 81.2 Å². The van der Waals surface area contributed by atoms with Gasteiger partial charge in [0.2, 0.25) is 0 Å². The lowest BCUT2D eigenvalue weighted by Gasteiger charge is -2.14. The van der Waals surface area contributed by atoms with Crippen molar-refractivity contribution in [3.8, 4) is 11.5 Å². The zero-order valence-corrected chi connectivity index (χ0v) is 19.0. The first-order chi connectivity index (χ1) is 14.4. The monoisotopic (exact) mass is 508 g/mol. The Hall–Kier alpha value is -2.55. The van der Waals surface area contributed by atoms with E-state index in [9.17, 15) is 8.42 Å². The number of hydrazone groups is 1. The average Bonchev–Trinajstić information content (AvgIpc) is 2.74. The summed E-state index contributed by atoms with van der Waals surface area (Å²) >= 11 is 9.63. The normalized spacial score (nSPS) is 11.4. The molecule has 156 valence electrons. The highest BCUT2D eigenvalue weighted by molar-refractivity contribution is 9.10. The van der Waals surface area contributed by atoms with Crippen molar-refractivity contribution >= 4 is 43.8 Å². The molecule has 0 unspecified atom stereocenters. The first kappa shape index (κ1) is 22.1. The summed E-state index contributed by atoms with van der Waals surface area (Å²) in [6.45, 7) is 0.263. The van der Waals surface area contributed by atoms with Crippen molar-refractivity contribution < 1.29 is 17.9 Å². The van der Waals surface area contributed by atoms with Gasteiger partial charge in [-0.3, -0.25) is 0 Å². The number of rotatable bonds is 8. The Morgan fingerprint density at radius 3 is 2.50 bits per heavy atom. The maximum atomic E-state index is 12.2. The van der Waals surface area contributed by atoms with Gasteiger partial charge in [-0.1, -0.05) is 48.0 Å². The van der Waals surface area contributed by atoms with Crippen molar-refractivity contribution in [3.05, 3.63) is 87.4 Å². The van der Waals surface area contributed by atoms with Crippen molar-refractivity contribution in [2.75, 3.05) is 7.11 Å². The second kappa shape index (κ2) is 9.97. The van der Waals surface area contributed by atoms with Crippen LogP contribution in [0.2, 0.25) is 5.02 Å². The molecular formula is C21H18BrClN2O4S. The molecule has 0 radical (unpaired) electrons. The van der Waals surface area contributed by atoms with E-state index in [1.807, 2.05) is 18.2 Å². The van der Waals surface area contributed by atoms with E-state index < -0.39 is 10.0 Å². The van der Waals surface area contributed by atoms with E-state index in [-0.39, 0.29) is 11.5 Å². The number of benzene rings is 3. The molecule has 9 heteroatoms. The largest absolute Gasteiger partial charge is 0.493 e. The number of halogens is 2. The molecule has 0 saturated carbocycles. The smallest absolute Gasteiger partial charge is 0.276 e. The SMILES string of the molecule is COc1cc(/C=N\NS(=O)(=O)c2ccccc2)cc(Br)c1OCc1ccccc1Cl. The molecule has 0 aliphatic rings. The maximum absolute atomic E-state index is 12.2. The average molecular weight is 510 g/mol. The molecule has 3 aromatic carbocycles. The Kier molecular flexibility index (Phi) is 7.36. The number of sulfonamides is 1. The van der Waals surface area contributed by atoms with Gasteiger partial charge < -0.3 is 9.47 Å². The Balaban J connectivity index is 1.75. The molecule has 0 amide bonds. The van der Waals surface area contributed by atoms with Crippen molar-refractivity contribution in [1.29, 1.82) is 0 Å². The third-order valence-electron chi connectivity index (χ3n) is 4.02. The third-order valence-corrected chi connectivity index (χ3v) is 6.22. The van der Waals surface area contributed by atoms with Gasteiger partial charge in [-0.25, -0.2) is 4.83 Å². The number of methoxy groups -OCH3 is 1. The summed E-state index contributed by atoms with van der Waals surface area (Å²) in [5, 5.41) is 4.46. The van der Waals surface area contributed by atoms with E-state index in [0.717, 1.165) is 5.56 Å². The van der Waals surface area contributed by atoms with E-state index in [4.69, 9.17) is 21.1 Å². The summed E-state index contributed by atoms with van der Waals surface area (Å²) in [5.41, 5.74) is 1.45. The molecule has 0 aliphatic heterocycles. The van der Waals surface area contributed by atoms with Crippen molar-refractivity contribution in [2.24, 2.45) is 5.10 Å². The molecule has 0 spiro atoms. The summed E-state index contributed by atoms with van der Waals surface area (Å²) in [5.74, 6) is 0.961. The molecule has 3 rings (SSSR count). The van der Waals surface area contributed by atoms with Gasteiger partial charge in [0.15, 0.2) is 11.5 Å². The summed E-state index contributed by atoms with van der Waals surface area (Å²) in [7, 11) is -2.22. The van der Waals surface area contributed by atoms with Gasteiger partial charge >= 0.3 is 0 Å². The standard InChI is InChI=1S/C21H18BrClN2O4S/c1-28-20-12-15(13-24-25-30(26,27)17-8-3-2-4-9-17)11-18(22)21(20)29-14-16-7-5-6-10-19(16)23/h2-13,25H,14H2,1H3/b24-13-. The highest BCUT2D eigenvalue weighted by Crippen LogP contribution is 2.37. The quantitative estimate of drug-likeness (QED) is 0.342. The van der Waals surface area contributed by atoms with Crippen LogP contribution >= 0.6 is 27.5 Å². The zero-order valence-electron chi connectivity index (χ0n) is 15.9. The number of ether oxygens (including phenoxy) is 2. The van der Waals surface area contributed by atoms with Crippen molar-refractivity contribution in [3.63, 3.8) is 0 Å². The zero-order chi connectivity index (χ0) is 21.6. The number of nitrogens with one attached hydrogen (secondary N) is 1. The van der Waals surface area contributed by atoms with Crippen LogP contribution in [0.5, 0.6) is 11.5 Å². The van der Waals surface area contributed by atoms with E-state index in [2.05, 4.69) is 25.9 Å². The number of hydrogen-bond donors (Lipinski definition) is 1. The molecule has 1 N–H and O–H groups in total. The molecule has 6 nitrogen and oxygen atoms in total. The van der Waals surface area contributed by atoms with E-state index in [0.29, 0.717) is 26.6 Å². The Bertz CT molecular complexity index is 1150. The highest BCUT2D eigenvalue weighted by Gasteiger charge is 2.14. The van der Waals surface area contributed by atoms with Crippen LogP contribution in [-0.4, -0.2) is 21.7 Å². The molecule has 0 aromatic heterocycles. The fourth-order valence-electron chi connectivity index (χ4n) is 2.54. The van der Waals surface area contributed by atoms with Crippen molar-refractivity contribution in [2.45, 2.75) is 11.5 Å². The minimum Gasteiger partial charge on any atom is -0.493 e. The Morgan fingerprint density at radius 1 is 1.10 bits per heavy atom. The lowest BCUT2D eigenvalue weighted by Crippen LogP contribution is -2.18. The second-order valence-corrected chi connectivity index (χ2v) is 9.00. The van der Waals surface area contributed by atoms with Crippen LogP contribution in [-0.2, 0) is 16.6 Å². The fourth-order valence-corrected chi connectivity index (χ4v) is 4.12. The minimum absolute atomic E-state index is 0.129. The van der Waals surface area contributed by atoms with Crippen molar-refractivity contribution in [1.82, 2.24) is 4.83 Å². The van der Waals surface area contributed by atoms with Gasteiger partial charge in [-0.15, -0.1) is 0 Å². The summed E-state index contributed by atoms with van der Waals surface area (Å²) in [6.07, 6.45) is 1.38. The first-order valence-electron chi connectivity index (χ1n) is 8.74. The number of hydrogen-bond acceptors (Lipinski definition) is 5. The van der Waals surface area contributed by atoms with Crippen LogP contribution in [0, 0.1) is 0 Å². The van der Waals surface area contributed by atoms with Crippen LogP contribution in [0.1, 0.15) is 11.1 Å². The van der Waals surface area contributed by atoms with Gasteiger partial charge in [0.1, 0.15) is 6.61 Å². The Labute approximate surface area is 188 Å².